The van der Waals surface area contributed by atoms with Gasteiger partial charge in [-0.15, -0.1) is 0 Å². The van der Waals surface area contributed by atoms with E-state index in [4.69, 9.17) is 4.74 Å². The molecule has 0 aromatic rings. The van der Waals surface area contributed by atoms with Gasteiger partial charge in [0.2, 0.25) is 6.41 Å². The molecule has 4 heteroatoms. The van der Waals surface area contributed by atoms with Crippen LogP contribution in [0, 0.1) is 5.41 Å². The number of nitrogens with one attached hydrogen (secondary N) is 1. The van der Waals surface area contributed by atoms with Crippen molar-refractivity contribution < 1.29 is 14.3 Å². The number of rotatable bonds is 4. The monoisotopic (exact) mass is 187 g/mol. The number of hydrogen-bond acceptors (Lipinski definition) is 3. The molecule has 0 rings (SSSR count). The first kappa shape index (κ1) is 11.9. The molecule has 0 fully saturated rings. The van der Waals surface area contributed by atoms with Gasteiger partial charge in [0.15, 0.2) is 0 Å². The fraction of sp³-hybridized carbons (Fsp3) is 0.778. The quantitative estimate of drug-likeness (QED) is 0.521. The summed E-state index contributed by atoms with van der Waals surface area (Å²) in [5, 5.41) is 2.45. The Hall–Kier alpha value is -1.06. The lowest BCUT2D eigenvalue weighted by atomic mass is 9.87. The van der Waals surface area contributed by atoms with Crippen molar-refractivity contribution in [2.24, 2.45) is 5.41 Å². The molecule has 13 heavy (non-hydrogen) atoms. The second-order valence-corrected chi connectivity index (χ2v) is 3.84. The summed E-state index contributed by atoms with van der Waals surface area (Å²) in [7, 11) is 0. The van der Waals surface area contributed by atoms with Gasteiger partial charge in [0, 0.05) is 0 Å². The number of carbonyl (C=O) groups is 2. The molecule has 4 nitrogen and oxygen atoms in total. The van der Waals surface area contributed by atoms with Crippen molar-refractivity contribution in [3.8, 4) is 0 Å². The van der Waals surface area contributed by atoms with Crippen LogP contribution in [0.15, 0.2) is 0 Å². The Labute approximate surface area is 78.6 Å². The largest absolute Gasteiger partial charge is 0.464 e. The van der Waals surface area contributed by atoms with E-state index in [0.717, 1.165) is 0 Å². The molecule has 0 saturated heterocycles. The predicted molar refractivity (Wildman–Crippen MR) is 49.1 cm³/mol. The molecule has 0 radical (unpaired) electrons. The first-order valence-electron chi connectivity index (χ1n) is 4.29. The maximum Gasteiger partial charge on any atom is 0.329 e. The van der Waals surface area contributed by atoms with E-state index in [1.54, 1.807) is 6.92 Å². The Bertz CT molecular complexity index is 184. The Kier molecular flexibility index (Phi) is 4.45. The SMILES string of the molecule is CCOC(=O)[C@@H](NC=O)C(C)(C)C. The lowest BCUT2D eigenvalue weighted by Gasteiger charge is -2.27. The summed E-state index contributed by atoms with van der Waals surface area (Å²) < 4.78 is 4.82. The summed E-state index contributed by atoms with van der Waals surface area (Å²) in [6.07, 6.45) is 0.521. The molecule has 1 N–H and O–H groups in total. The van der Waals surface area contributed by atoms with E-state index in [-0.39, 0.29) is 11.4 Å². The number of esters is 1. The summed E-state index contributed by atoms with van der Waals surface area (Å²) in [4.78, 5) is 21.6. The molecule has 0 aliphatic heterocycles. The molecule has 0 saturated carbocycles. The van der Waals surface area contributed by atoms with Gasteiger partial charge < -0.3 is 10.1 Å². The van der Waals surface area contributed by atoms with Crippen LogP contribution < -0.4 is 5.32 Å². The van der Waals surface area contributed by atoms with Crippen LogP contribution in [0.25, 0.3) is 0 Å². The highest BCUT2D eigenvalue weighted by Gasteiger charge is 2.31. The van der Waals surface area contributed by atoms with Crippen LogP contribution in [0.5, 0.6) is 0 Å². The van der Waals surface area contributed by atoms with Crippen molar-refractivity contribution in [2.45, 2.75) is 33.7 Å². The van der Waals surface area contributed by atoms with Crippen molar-refractivity contribution in [3.05, 3.63) is 0 Å². The van der Waals surface area contributed by atoms with E-state index >= 15 is 0 Å². The lowest BCUT2D eigenvalue weighted by Crippen LogP contribution is -2.46. The first-order valence-corrected chi connectivity index (χ1v) is 4.29. The van der Waals surface area contributed by atoms with E-state index in [2.05, 4.69) is 5.32 Å². The third-order valence-corrected chi connectivity index (χ3v) is 1.62. The minimum absolute atomic E-state index is 0.325. The molecule has 0 unspecified atom stereocenters. The van der Waals surface area contributed by atoms with Gasteiger partial charge in [-0.2, -0.15) is 0 Å². The molecule has 1 amide bonds. The zero-order valence-corrected chi connectivity index (χ0v) is 8.59. The van der Waals surface area contributed by atoms with Crippen molar-refractivity contribution in [3.63, 3.8) is 0 Å². The predicted octanol–water partition coefficient (Wildman–Crippen LogP) is 0.710. The maximum atomic E-state index is 11.3. The summed E-state index contributed by atoms with van der Waals surface area (Å²) in [5.74, 6) is -0.387. The van der Waals surface area contributed by atoms with Gasteiger partial charge in [0.05, 0.1) is 6.61 Å². The van der Waals surface area contributed by atoms with Crippen molar-refractivity contribution in [1.82, 2.24) is 5.32 Å². The van der Waals surface area contributed by atoms with E-state index in [1.807, 2.05) is 20.8 Å². The average molecular weight is 187 g/mol. The Morgan fingerprint density at radius 3 is 2.38 bits per heavy atom. The molecule has 0 aromatic heterocycles. The van der Waals surface area contributed by atoms with Crippen LogP contribution in [-0.4, -0.2) is 25.0 Å². The summed E-state index contributed by atoms with van der Waals surface area (Å²) >= 11 is 0. The van der Waals surface area contributed by atoms with Gasteiger partial charge in [0.1, 0.15) is 6.04 Å². The molecule has 0 aliphatic carbocycles. The summed E-state index contributed by atoms with van der Waals surface area (Å²) in [6, 6.07) is -0.579. The molecule has 0 aromatic carbocycles. The third kappa shape index (κ3) is 3.92. The second kappa shape index (κ2) is 4.84. The Balaban J connectivity index is 4.41. The molecule has 0 aliphatic rings. The topological polar surface area (TPSA) is 55.4 Å². The highest BCUT2D eigenvalue weighted by Crippen LogP contribution is 2.19. The van der Waals surface area contributed by atoms with E-state index in [1.165, 1.54) is 0 Å². The molecule has 76 valence electrons. The van der Waals surface area contributed by atoms with Crippen LogP contribution in [0.2, 0.25) is 0 Å². The summed E-state index contributed by atoms with van der Waals surface area (Å²) in [6.45, 7) is 7.66. The maximum absolute atomic E-state index is 11.3. The second-order valence-electron chi connectivity index (χ2n) is 3.84. The average Bonchev–Trinajstić information content (AvgIpc) is 1.98. The normalized spacial score (nSPS) is 13.2. The number of hydrogen-bond donors (Lipinski definition) is 1. The first-order chi connectivity index (χ1) is 5.93. The Morgan fingerprint density at radius 1 is 1.54 bits per heavy atom. The van der Waals surface area contributed by atoms with Gasteiger partial charge in [-0.1, -0.05) is 20.8 Å². The molecule has 0 heterocycles. The lowest BCUT2D eigenvalue weighted by molar-refractivity contribution is -0.149. The molecule has 0 spiro atoms. The fourth-order valence-electron chi connectivity index (χ4n) is 0.965. The molecule has 1 atom stereocenters. The van der Waals surface area contributed by atoms with Gasteiger partial charge in [-0.05, 0) is 12.3 Å². The summed E-state index contributed by atoms with van der Waals surface area (Å²) in [5.41, 5.74) is -0.326. The van der Waals surface area contributed by atoms with Crippen LogP contribution in [-0.2, 0) is 14.3 Å². The van der Waals surface area contributed by atoms with Crippen LogP contribution in [0.1, 0.15) is 27.7 Å². The number of ether oxygens (including phenoxy) is 1. The van der Waals surface area contributed by atoms with Crippen LogP contribution in [0.4, 0.5) is 0 Å². The zero-order chi connectivity index (χ0) is 10.5. The Morgan fingerprint density at radius 2 is 2.08 bits per heavy atom. The van der Waals surface area contributed by atoms with Crippen molar-refractivity contribution >= 4 is 12.4 Å². The van der Waals surface area contributed by atoms with Gasteiger partial charge in [-0.25, -0.2) is 4.79 Å². The van der Waals surface area contributed by atoms with Crippen molar-refractivity contribution in [1.29, 1.82) is 0 Å². The third-order valence-electron chi connectivity index (χ3n) is 1.62. The fourth-order valence-corrected chi connectivity index (χ4v) is 0.965. The highest BCUT2D eigenvalue weighted by molar-refractivity contribution is 5.79. The van der Waals surface area contributed by atoms with Crippen molar-refractivity contribution in [2.75, 3.05) is 6.61 Å². The van der Waals surface area contributed by atoms with Gasteiger partial charge in [0.25, 0.3) is 0 Å². The highest BCUT2D eigenvalue weighted by atomic mass is 16.5. The minimum atomic E-state index is -0.579. The van der Waals surface area contributed by atoms with E-state index in [0.29, 0.717) is 13.0 Å². The molecular weight excluding hydrogens is 170 g/mol. The van der Waals surface area contributed by atoms with Crippen LogP contribution >= 0.6 is 0 Å². The number of amides is 1. The van der Waals surface area contributed by atoms with Gasteiger partial charge in [-0.3, -0.25) is 4.79 Å². The smallest absolute Gasteiger partial charge is 0.329 e. The van der Waals surface area contributed by atoms with Crippen LogP contribution in [0.3, 0.4) is 0 Å². The van der Waals surface area contributed by atoms with E-state index < -0.39 is 6.04 Å². The molecular formula is C9H17NO3. The molecule has 0 bridgehead atoms. The standard InChI is InChI=1S/C9H17NO3/c1-5-13-8(12)7(10-6-11)9(2,3)4/h6-7H,5H2,1-4H3,(H,10,11)/t7-/m1/s1. The van der Waals surface area contributed by atoms with E-state index in [9.17, 15) is 9.59 Å². The minimum Gasteiger partial charge on any atom is -0.464 e. The number of carbonyl (C=O) groups excluding carboxylic acids is 2. The van der Waals surface area contributed by atoms with Gasteiger partial charge >= 0.3 is 5.97 Å². The zero-order valence-electron chi connectivity index (χ0n) is 8.59.